The fourth-order valence-electron chi connectivity index (χ4n) is 1.75. The van der Waals surface area contributed by atoms with Gasteiger partial charge in [-0.1, -0.05) is 29.8 Å². The van der Waals surface area contributed by atoms with E-state index in [1.54, 1.807) is 12.1 Å². The molecule has 0 fully saturated rings. The Bertz CT molecular complexity index is 542. The Hall–Kier alpha value is -0.650. The molecular formula is C14H12ClFIN. The monoisotopic (exact) mass is 375 g/mol. The fraction of sp³-hybridized carbons (Fsp3) is 0.143. The molecule has 0 bridgehead atoms. The maximum absolute atomic E-state index is 13.6. The maximum Gasteiger partial charge on any atom is 0.127 e. The van der Waals surface area contributed by atoms with Crippen LogP contribution in [0.3, 0.4) is 0 Å². The Balaban J connectivity index is 2.15. The first-order valence-corrected chi connectivity index (χ1v) is 6.97. The average molecular weight is 376 g/mol. The molecule has 0 aliphatic heterocycles. The SMILES string of the molecule is NC(Cc1ccc(Cl)cc1F)c1ccc(I)cc1. The zero-order valence-corrected chi connectivity index (χ0v) is 12.5. The molecule has 0 radical (unpaired) electrons. The Labute approximate surface area is 124 Å². The van der Waals surface area contributed by atoms with Gasteiger partial charge in [-0.3, -0.25) is 0 Å². The van der Waals surface area contributed by atoms with Crippen molar-refractivity contribution in [3.63, 3.8) is 0 Å². The van der Waals surface area contributed by atoms with Gasteiger partial charge in [0, 0.05) is 14.6 Å². The lowest BCUT2D eigenvalue weighted by Crippen LogP contribution is -2.14. The van der Waals surface area contributed by atoms with Gasteiger partial charge in [0.1, 0.15) is 5.82 Å². The molecule has 2 N–H and O–H groups in total. The molecule has 4 heteroatoms. The van der Waals surface area contributed by atoms with Crippen LogP contribution >= 0.6 is 34.2 Å². The predicted octanol–water partition coefficient (Wildman–Crippen LogP) is 4.33. The number of hydrogen-bond acceptors (Lipinski definition) is 1. The highest BCUT2D eigenvalue weighted by Gasteiger charge is 2.10. The first-order chi connectivity index (χ1) is 8.56. The lowest BCUT2D eigenvalue weighted by atomic mass is 9.99. The Morgan fingerprint density at radius 1 is 1.17 bits per heavy atom. The first kappa shape index (κ1) is 13.8. The van der Waals surface area contributed by atoms with Crippen molar-refractivity contribution in [3.8, 4) is 0 Å². The molecule has 0 spiro atoms. The molecule has 0 aliphatic rings. The van der Waals surface area contributed by atoms with E-state index in [9.17, 15) is 4.39 Å². The van der Waals surface area contributed by atoms with Crippen molar-refractivity contribution in [2.45, 2.75) is 12.5 Å². The second-order valence-corrected chi connectivity index (χ2v) is 5.78. The van der Waals surface area contributed by atoms with E-state index in [1.807, 2.05) is 24.3 Å². The standard InChI is InChI=1S/C14H12ClFIN/c15-11-4-1-10(13(16)8-11)7-14(18)9-2-5-12(17)6-3-9/h1-6,8,14H,7,18H2. The lowest BCUT2D eigenvalue weighted by molar-refractivity contribution is 0.593. The van der Waals surface area contributed by atoms with Gasteiger partial charge in [-0.15, -0.1) is 0 Å². The highest BCUT2D eigenvalue weighted by molar-refractivity contribution is 14.1. The molecule has 2 aromatic rings. The molecule has 2 aromatic carbocycles. The molecule has 1 atom stereocenters. The zero-order valence-electron chi connectivity index (χ0n) is 9.54. The summed E-state index contributed by atoms with van der Waals surface area (Å²) in [6.45, 7) is 0. The molecule has 18 heavy (non-hydrogen) atoms. The number of rotatable bonds is 3. The molecular weight excluding hydrogens is 364 g/mol. The van der Waals surface area contributed by atoms with Crippen LogP contribution in [0.1, 0.15) is 17.2 Å². The summed E-state index contributed by atoms with van der Waals surface area (Å²) < 4.78 is 14.8. The largest absolute Gasteiger partial charge is 0.324 e. The summed E-state index contributed by atoms with van der Waals surface area (Å²) in [4.78, 5) is 0. The van der Waals surface area contributed by atoms with Crippen LogP contribution in [-0.4, -0.2) is 0 Å². The van der Waals surface area contributed by atoms with E-state index in [1.165, 1.54) is 6.07 Å². The normalized spacial score (nSPS) is 12.4. The molecule has 2 rings (SSSR count). The molecule has 0 heterocycles. The van der Waals surface area contributed by atoms with Gasteiger partial charge in [-0.05, 0) is 64.4 Å². The Morgan fingerprint density at radius 2 is 1.83 bits per heavy atom. The highest BCUT2D eigenvalue weighted by Crippen LogP contribution is 2.21. The summed E-state index contributed by atoms with van der Waals surface area (Å²) in [5.74, 6) is -0.302. The second-order valence-electron chi connectivity index (χ2n) is 4.10. The van der Waals surface area contributed by atoms with E-state index >= 15 is 0 Å². The van der Waals surface area contributed by atoms with Gasteiger partial charge in [-0.2, -0.15) is 0 Å². The number of benzene rings is 2. The molecule has 1 unspecified atom stereocenters. The van der Waals surface area contributed by atoms with Crippen LogP contribution in [0.5, 0.6) is 0 Å². The van der Waals surface area contributed by atoms with Crippen LogP contribution < -0.4 is 5.73 Å². The van der Waals surface area contributed by atoms with Crippen LogP contribution in [0, 0.1) is 9.39 Å². The second kappa shape index (κ2) is 5.99. The third-order valence-electron chi connectivity index (χ3n) is 2.75. The van der Waals surface area contributed by atoms with E-state index in [0.717, 1.165) is 9.13 Å². The third kappa shape index (κ3) is 3.43. The van der Waals surface area contributed by atoms with Crippen molar-refractivity contribution >= 4 is 34.2 Å². The van der Waals surface area contributed by atoms with Gasteiger partial charge in [0.15, 0.2) is 0 Å². The van der Waals surface area contributed by atoms with Crippen LogP contribution in [0.15, 0.2) is 42.5 Å². The van der Waals surface area contributed by atoms with Crippen LogP contribution in [0.4, 0.5) is 4.39 Å². The van der Waals surface area contributed by atoms with Crippen molar-refractivity contribution in [2.24, 2.45) is 5.73 Å². The molecule has 94 valence electrons. The predicted molar refractivity (Wildman–Crippen MR) is 81.2 cm³/mol. The average Bonchev–Trinajstić information content (AvgIpc) is 2.33. The smallest absolute Gasteiger partial charge is 0.127 e. The van der Waals surface area contributed by atoms with Crippen LogP contribution in [0.25, 0.3) is 0 Å². The molecule has 0 amide bonds. The summed E-state index contributed by atoms with van der Waals surface area (Å²) in [6, 6.07) is 12.4. The highest BCUT2D eigenvalue weighted by atomic mass is 127. The zero-order chi connectivity index (χ0) is 13.1. The minimum atomic E-state index is -0.302. The van der Waals surface area contributed by atoms with E-state index < -0.39 is 0 Å². The summed E-state index contributed by atoms with van der Waals surface area (Å²) in [5, 5.41) is 0.402. The van der Waals surface area contributed by atoms with Crippen LogP contribution in [-0.2, 0) is 6.42 Å². The van der Waals surface area contributed by atoms with E-state index in [2.05, 4.69) is 22.6 Å². The van der Waals surface area contributed by atoms with E-state index in [-0.39, 0.29) is 11.9 Å². The number of hydrogen-bond donors (Lipinski definition) is 1. The van der Waals surface area contributed by atoms with Gasteiger partial charge in [-0.25, -0.2) is 4.39 Å². The Kier molecular flexibility index (Phi) is 4.59. The van der Waals surface area contributed by atoms with E-state index in [4.69, 9.17) is 17.3 Å². The molecule has 0 aliphatic carbocycles. The van der Waals surface area contributed by atoms with Crippen molar-refractivity contribution in [2.75, 3.05) is 0 Å². The molecule has 0 saturated heterocycles. The quantitative estimate of drug-likeness (QED) is 0.794. The van der Waals surface area contributed by atoms with E-state index in [0.29, 0.717) is 17.0 Å². The van der Waals surface area contributed by atoms with Crippen molar-refractivity contribution < 1.29 is 4.39 Å². The number of nitrogens with two attached hydrogens (primary N) is 1. The third-order valence-corrected chi connectivity index (χ3v) is 3.71. The molecule has 0 saturated carbocycles. The van der Waals surface area contributed by atoms with Gasteiger partial charge in [0.25, 0.3) is 0 Å². The summed E-state index contributed by atoms with van der Waals surface area (Å²) in [5.41, 5.74) is 7.67. The maximum atomic E-state index is 13.6. The number of halogens is 3. The minimum absolute atomic E-state index is 0.210. The summed E-state index contributed by atoms with van der Waals surface area (Å²) >= 11 is 7.95. The van der Waals surface area contributed by atoms with Gasteiger partial charge >= 0.3 is 0 Å². The van der Waals surface area contributed by atoms with Crippen LogP contribution in [0.2, 0.25) is 5.02 Å². The first-order valence-electron chi connectivity index (χ1n) is 5.51. The molecule has 0 aromatic heterocycles. The summed E-state index contributed by atoms with van der Waals surface area (Å²) in [7, 11) is 0. The van der Waals surface area contributed by atoms with Gasteiger partial charge < -0.3 is 5.73 Å². The topological polar surface area (TPSA) is 26.0 Å². The van der Waals surface area contributed by atoms with Crippen molar-refractivity contribution in [1.29, 1.82) is 0 Å². The fourth-order valence-corrected chi connectivity index (χ4v) is 2.27. The summed E-state index contributed by atoms with van der Waals surface area (Å²) in [6.07, 6.45) is 0.462. The molecule has 1 nitrogen and oxygen atoms in total. The van der Waals surface area contributed by atoms with Crippen molar-refractivity contribution in [3.05, 3.63) is 68.0 Å². The minimum Gasteiger partial charge on any atom is -0.324 e. The van der Waals surface area contributed by atoms with Gasteiger partial charge in [0.05, 0.1) is 0 Å². The van der Waals surface area contributed by atoms with Crippen molar-refractivity contribution in [1.82, 2.24) is 0 Å². The lowest BCUT2D eigenvalue weighted by Gasteiger charge is -2.13. The van der Waals surface area contributed by atoms with Gasteiger partial charge in [0.2, 0.25) is 0 Å². The Morgan fingerprint density at radius 3 is 2.44 bits per heavy atom.